The highest BCUT2D eigenvalue weighted by Crippen LogP contribution is 2.55. The van der Waals surface area contributed by atoms with E-state index in [1.807, 2.05) is 13.8 Å². The van der Waals surface area contributed by atoms with Crippen LogP contribution in [0.4, 0.5) is 0 Å². The maximum atomic E-state index is 12.5. The van der Waals surface area contributed by atoms with Gasteiger partial charge in [-0.25, -0.2) is 0 Å². The van der Waals surface area contributed by atoms with E-state index < -0.39 is 0 Å². The summed E-state index contributed by atoms with van der Waals surface area (Å²) in [5.41, 5.74) is 0.913. The van der Waals surface area contributed by atoms with Gasteiger partial charge in [-0.05, 0) is 89.5 Å². The van der Waals surface area contributed by atoms with Gasteiger partial charge < -0.3 is 15.6 Å². The zero-order valence-electron chi connectivity index (χ0n) is 14.6. The van der Waals surface area contributed by atoms with Gasteiger partial charge in [-0.1, -0.05) is 6.08 Å². The van der Waals surface area contributed by atoms with E-state index in [9.17, 15) is 5.21 Å². The Hall–Kier alpha value is -0.380. The van der Waals surface area contributed by atoms with Crippen molar-refractivity contribution in [2.75, 3.05) is 6.54 Å². The summed E-state index contributed by atoms with van der Waals surface area (Å²) in [7, 11) is 0. The summed E-state index contributed by atoms with van der Waals surface area (Å²) in [6.07, 6.45) is 10.8. The van der Waals surface area contributed by atoms with Crippen molar-refractivity contribution in [3.8, 4) is 0 Å². The molecule has 4 bridgehead atoms. The molecule has 5 aliphatic rings. The Labute approximate surface area is 135 Å². The number of nitrogens with one attached hydrogen (secondary N) is 1. The minimum absolute atomic E-state index is 0.373. The average molecular weight is 303 g/mol. The molecule has 1 N–H and O–H groups in total. The van der Waals surface area contributed by atoms with E-state index in [4.69, 9.17) is 0 Å². The molecule has 22 heavy (non-hydrogen) atoms. The molecule has 1 aliphatic heterocycles. The molecule has 0 atom stereocenters. The topological polar surface area (TPSA) is 38.3 Å². The number of rotatable bonds is 3. The lowest BCUT2D eigenvalue weighted by Crippen LogP contribution is -2.59. The first kappa shape index (κ1) is 15.2. The summed E-state index contributed by atoms with van der Waals surface area (Å²) in [5.74, 6) is 2.91. The normalized spacial score (nSPS) is 45.3. The standard InChI is InChI=1S/C19H31N2O/c1-17(2)11-16(18(3,4)21(17)22)12-20-19-8-13-5-14(9-19)7-15(6-13)10-19/h11,13-15,20H,5-10,12H2,1-4H3/q-1. The number of hydroxylamine groups is 2. The second-order valence-corrected chi connectivity index (χ2v) is 9.73. The van der Waals surface area contributed by atoms with Gasteiger partial charge >= 0.3 is 0 Å². The van der Waals surface area contributed by atoms with Gasteiger partial charge in [0.2, 0.25) is 0 Å². The van der Waals surface area contributed by atoms with E-state index in [-0.39, 0.29) is 11.1 Å². The number of hydrogen-bond acceptors (Lipinski definition) is 3. The number of nitrogens with zero attached hydrogens (tertiary/aromatic N) is 1. The molecule has 4 saturated carbocycles. The molecule has 3 nitrogen and oxygen atoms in total. The SMILES string of the molecule is CC1(C)C=C(CNC23CC4CC(CC(C4)C2)C3)C(C)(C)N1[O-]. The van der Waals surface area contributed by atoms with Gasteiger partial charge in [-0.15, -0.1) is 0 Å². The average Bonchev–Trinajstić information content (AvgIpc) is 2.55. The zero-order valence-corrected chi connectivity index (χ0v) is 14.6. The third-order valence-electron chi connectivity index (χ3n) is 7.04. The Morgan fingerprint density at radius 2 is 1.55 bits per heavy atom. The first-order valence-electron chi connectivity index (χ1n) is 9.15. The van der Waals surface area contributed by atoms with Crippen LogP contribution in [0.15, 0.2) is 11.6 Å². The molecule has 0 unspecified atom stereocenters. The Kier molecular flexibility index (Phi) is 3.16. The van der Waals surface area contributed by atoms with Crippen LogP contribution in [0, 0.1) is 23.0 Å². The Morgan fingerprint density at radius 3 is 1.95 bits per heavy atom. The van der Waals surface area contributed by atoms with Crippen molar-refractivity contribution in [3.63, 3.8) is 0 Å². The maximum absolute atomic E-state index is 12.5. The van der Waals surface area contributed by atoms with Crippen molar-refractivity contribution in [1.82, 2.24) is 10.4 Å². The minimum Gasteiger partial charge on any atom is -0.784 e. The van der Waals surface area contributed by atoms with Crippen molar-refractivity contribution in [3.05, 3.63) is 16.9 Å². The van der Waals surface area contributed by atoms with Crippen LogP contribution in [0.25, 0.3) is 0 Å². The second-order valence-electron chi connectivity index (χ2n) is 9.73. The van der Waals surface area contributed by atoms with E-state index in [1.54, 1.807) is 0 Å². The van der Waals surface area contributed by atoms with Crippen LogP contribution in [-0.4, -0.2) is 28.2 Å². The Balaban J connectivity index is 1.49. The number of hydrogen-bond donors (Lipinski definition) is 1. The lowest BCUT2D eigenvalue weighted by atomic mass is 9.53. The van der Waals surface area contributed by atoms with Crippen LogP contribution in [0.2, 0.25) is 0 Å². The van der Waals surface area contributed by atoms with Crippen molar-refractivity contribution in [2.45, 2.75) is 82.8 Å². The first-order valence-corrected chi connectivity index (χ1v) is 9.15. The van der Waals surface area contributed by atoms with Gasteiger partial charge in [0, 0.05) is 23.2 Å². The molecule has 4 aliphatic carbocycles. The Bertz CT molecular complexity index is 470. The fourth-order valence-corrected chi connectivity index (χ4v) is 6.39. The second kappa shape index (κ2) is 4.58. The van der Waals surface area contributed by atoms with Crippen LogP contribution in [0.1, 0.15) is 66.2 Å². The first-order chi connectivity index (χ1) is 10.2. The van der Waals surface area contributed by atoms with Gasteiger partial charge in [0.1, 0.15) is 0 Å². The fourth-order valence-electron chi connectivity index (χ4n) is 6.39. The third-order valence-corrected chi connectivity index (χ3v) is 7.04. The molecule has 124 valence electrons. The highest BCUT2D eigenvalue weighted by Gasteiger charge is 2.51. The summed E-state index contributed by atoms with van der Waals surface area (Å²) in [6.45, 7) is 9.09. The summed E-state index contributed by atoms with van der Waals surface area (Å²) < 4.78 is 0. The zero-order chi connectivity index (χ0) is 15.8. The maximum Gasteiger partial charge on any atom is 0.0267 e. The largest absolute Gasteiger partial charge is 0.784 e. The third kappa shape index (κ3) is 2.20. The van der Waals surface area contributed by atoms with Crippen LogP contribution in [-0.2, 0) is 0 Å². The molecule has 5 rings (SSSR count). The minimum atomic E-state index is -0.376. The predicted octanol–water partition coefficient (Wildman–Crippen LogP) is 3.84. The molecule has 1 heterocycles. The summed E-state index contributed by atoms with van der Waals surface area (Å²) in [4.78, 5) is 0. The predicted molar refractivity (Wildman–Crippen MR) is 90.4 cm³/mol. The van der Waals surface area contributed by atoms with E-state index >= 15 is 0 Å². The van der Waals surface area contributed by atoms with Crippen molar-refractivity contribution in [1.29, 1.82) is 0 Å². The molecule has 0 spiro atoms. The van der Waals surface area contributed by atoms with Crippen LogP contribution in [0.3, 0.4) is 0 Å². The lowest BCUT2D eigenvalue weighted by Gasteiger charge is -2.57. The molecular weight excluding hydrogens is 272 g/mol. The van der Waals surface area contributed by atoms with Gasteiger partial charge in [-0.2, -0.15) is 0 Å². The van der Waals surface area contributed by atoms with Crippen molar-refractivity contribution in [2.24, 2.45) is 17.8 Å². The summed E-state index contributed by atoms with van der Waals surface area (Å²) >= 11 is 0. The highest BCUT2D eigenvalue weighted by molar-refractivity contribution is 5.33. The molecule has 0 aromatic heterocycles. The van der Waals surface area contributed by atoms with Gasteiger partial charge in [-0.3, -0.25) is 0 Å². The fraction of sp³-hybridized carbons (Fsp3) is 0.895. The monoisotopic (exact) mass is 303 g/mol. The van der Waals surface area contributed by atoms with Crippen LogP contribution < -0.4 is 5.32 Å². The van der Waals surface area contributed by atoms with Crippen molar-refractivity contribution >= 4 is 0 Å². The summed E-state index contributed by atoms with van der Waals surface area (Å²) in [5, 5.41) is 17.7. The summed E-state index contributed by atoms with van der Waals surface area (Å²) in [6, 6.07) is 0. The quantitative estimate of drug-likeness (QED) is 0.805. The van der Waals surface area contributed by atoms with E-state index in [0.29, 0.717) is 5.54 Å². The molecule has 0 amide bonds. The molecule has 0 aromatic carbocycles. The van der Waals surface area contributed by atoms with Gasteiger partial charge in [0.05, 0.1) is 0 Å². The molecule has 0 radical (unpaired) electrons. The molecule has 0 aromatic rings. The molecular formula is C19H31N2O-. The van der Waals surface area contributed by atoms with E-state index in [2.05, 4.69) is 25.2 Å². The molecule has 4 fully saturated rings. The molecule has 0 saturated heterocycles. The van der Waals surface area contributed by atoms with E-state index in [0.717, 1.165) is 24.3 Å². The smallest absolute Gasteiger partial charge is 0.0267 e. The van der Waals surface area contributed by atoms with Crippen molar-refractivity contribution < 1.29 is 0 Å². The van der Waals surface area contributed by atoms with Crippen LogP contribution in [0.5, 0.6) is 0 Å². The van der Waals surface area contributed by atoms with E-state index in [1.165, 1.54) is 49.2 Å². The van der Waals surface area contributed by atoms with Crippen LogP contribution >= 0.6 is 0 Å². The van der Waals surface area contributed by atoms with Gasteiger partial charge in [0.25, 0.3) is 0 Å². The lowest BCUT2D eigenvalue weighted by molar-refractivity contribution is -0.0187. The Morgan fingerprint density at radius 1 is 1.05 bits per heavy atom. The highest BCUT2D eigenvalue weighted by atomic mass is 16.5. The van der Waals surface area contributed by atoms with Gasteiger partial charge in [0.15, 0.2) is 0 Å². The molecule has 3 heteroatoms.